The van der Waals surface area contributed by atoms with Gasteiger partial charge in [-0.3, -0.25) is 10.1 Å². The minimum atomic E-state index is -0.237. The van der Waals surface area contributed by atoms with E-state index in [1.54, 1.807) is 26.5 Å². The summed E-state index contributed by atoms with van der Waals surface area (Å²) in [6, 6.07) is 11.1. The normalized spacial score (nSPS) is 11.0. The van der Waals surface area contributed by atoms with Gasteiger partial charge in [-0.25, -0.2) is 4.98 Å². The Morgan fingerprint density at radius 2 is 2.00 bits per heavy atom. The van der Waals surface area contributed by atoms with Gasteiger partial charge in [0.1, 0.15) is 5.75 Å². The van der Waals surface area contributed by atoms with Crippen LogP contribution in [0.15, 0.2) is 48.0 Å². The van der Waals surface area contributed by atoms with Crippen LogP contribution in [0, 0.1) is 5.92 Å². The summed E-state index contributed by atoms with van der Waals surface area (Å²) in [5.74, 6) is 2.07. The molecule has 0 aliphatic heterocycles. The lowest BCUT2D eigenvalue weighted by atomic mass is 10.1. The van der Waals surface area contributed by atoms with Crippen molar-refractivity contribution in [3.05, 3.63) is 64.7 Å². The number of benzene rings is 2. The van der Waals surface area contributed by atoms with Crippen LogP contribution in [0.2, 0.25) is 0 Å². The Hall–Kier alpha value is -3.32. The molecule has 0 saturated carbocycles. The van der Waals surface area contributed by atoms with Gasteiger partial charge in [-0.15, -0.1) is 11.3 Å². The molecular weight excluding hydrogens is 412 g/mol. The topological polar surface area (TPSA) is 69.7 Å². The number of ether oxygens (including phenoxy) is 3. The van der Waals surface area contributed by atoms with Crippen LogP contribution in [0.25, 0.3) is 12.2 Å². The van der Waals surface area contributed by atoms with E-state index in [0.29, 0.717) is 40.5 Å². The Balaban J connectivity index is 1.92. The minimum Gasteiger partial charge on any atom is -0.493 e. The fraction of sp³-hybridized carbons (Fsp3) is 0.250. The van der Waals surface area contributed by atoms with Gasteiger partial charge in [0.05, 0.1) is 20.8 Å². The van der Waals surface area contributed by atoms with Crippen LogP contribution < -0.4 is 19.5 Å². The smallest absolute Gasteiger partial charge is 0.257 e. The molecule has 7 heteroatoms. The third-order valence-corrected chi connectivity index (χ3v) is 5.00. The highest BCUT2D eigenvalue weighted by molar-refractivity contribution is 7.13. The van der Waals surface area contributed by atoms with E-state index in [1.165, 1.54) is 11.3 Å². The zero-order chi connectivity index (χ0) is 22.2. The second-order valence-electron chi connectivity index (χ2n) is 7.20. The number of nitrogens with one attached hydrogen (secondary N) is 1. The second-order valence-corrected chi connectivity index (χ2v) is 8.10. The molecule has 0 fully saturated rings. The van der Waals surface area contributed by atoms with Gasteiger partial charge in [-0.2, -0.15) is 0 Å². The summed E-state index contributed by atoms with van der Waals surface area (Å²) in [6.45, 7) is 4.72. The lowest BCUT2D eigenvalue weighted by molar-refractivity contribution is 0.102. The quantitative estimate of drug-likeness (QED) is 0.439. The number of methoxy groups -OCH3 is 2. The first-order valence-electron chi connectivity index (χ1n) is 9.88. The number of hydrogen-bond donors (Lipinski definition) is 1. The molecule has 1 aromatic heterocycles. The molecule has 3 aromatic rings. The summed E-state index contributed by atoms with van der Waals surface area (Å²) in [4.78, 5) is 16.9. The summed E-state index contributed by atoms with van der Waals surface area (Å²) in [7, 11) is 3.21. The van der Waals surface area contributed by atoms with Crippen LogP contribution in [0.3, 0.4) is 0 Å². The van der Waals surface area contributed by atoms with Crippen molar-refractivity contribution < 1.29 is 19.0 Å². The zero-order valence-electron chi connectivity index (χ0n) is 18.0. The number of nitrogens with zero attached hydrogens (tertiary/aromatic N) is 1. The van der Waals surface area contributed by atoms with Gasteiger partial charge in [0.2, 0.25) is 0 Å². The van der Waals surface area contributed by atoms with E-state index in [9.17, 15) is 4.79 Å². The van der Waals surface area contributed by atoms with Gasteiger partial charge in [-0.1, -0.05) is 38.1 Å². The highest BCUT2D eigenvalue weighted by atomic mass is 32.1. The SMILES string of the molecule is COc1cccc(/C=C/c2cc(OCC(C)C)cc(C(=O)Nc3nccs3)c2)c1OC. The number of hydrogen-bond acceptors (Lipinski definition) is 6. The number of carbonyl (C=O) groups excluding carboxylic acids is 1. The van der Waals surface area contributed by atoms with E-state index in [4.69, 9.17) is 14.2 Å². The molecule has 0 radical (unpaired) electrons. The molecule has 3 rings (SSSR count). The van der Waals surface area contributed by atoms with E-state index in [2.05, 4.69) is 24.1 Å². The fourth-order valence-electron chi connectivity index (χ4n) is 2.88. The summed E-state index contributed by atoms with van der Waals surface area (Å²) in [5.41, 5.74) is 2.19. The van der Waals surface area contributed by atoms with Crippen LogP contribution in [0.4, 0.5) is 5.13 Å². The van der Waals surface area contributed by atoms with Gasteiger partial charge >= 0.3 is 0 Å². The number of aromatic nitrogens is 1. The number of carbonyl (C=O) groups is 1. The van der Waals surface area contributed by atoms with Crippen LogP contribution in [0.5, 0.6) is 17.2 Å². The van der Waals surface area contributed by atoms with Gasteiger partial charge < -0.3 is 14.2 Å². The van der Waals surface area contributed by atoms with E-state index < -0.39 is 0 Å². The highest BCUT2D eigenvalue weighted by Gasteiger charge is 2.12. The van der Waals surface area contributed by atoms with Crippen LogP contribution in [0.1, 0.15) is 35.3 Å². The van der Waals surface area contributed by atoms with Crippen LogP contribution in [-0.4, -0.2) is 31.7 Å². The molecule has 2 aromatic carbocycles. The summed E-state index contributed by atoms with van der Waals surface area (Å²) < 4.78 is 16.8. The van der Waals surface area contributed by atoms with Crippen molar-refractivity contribution in [3.63, 3.8) is 0 Å². The van der Waals surface area contributed by atoms with E-state index >= 15 is 0 Å². The molecule has 0 spiro atoms. The zero-order valence-corrected chi connectivity index (χ0v) is 18.9. The second kappa shape index (κ2) is 10.6. The van der Waals surface area contributed by atoms with Crippen molar-refractivity contribution in [1.82, 2.24) is 4.98 Å². The molecule has 1 amide bonds. The minimum absolute atomic E-state index is 0.237. The number of thiazole rings is 1. The molecule has 0 unspecified atom stereocenters. The molecule has 0 saturated heterocycles. The van der Waals surface area contributed by atoms with Crippen LogP contribution >= 0.6 is 11.3 Å². The maximum atomic E-state index is 12.8. The number of rotatable bonds is 9. The lowest BCUT2D eigenvalue weighted by Gasteiger charge is -2.12. The molecule has 0 aliphatic rings. The van der Waals surface area contributed by atoms with Gasteiger partial charge in [-0.05, 0) is 35.7 Å². The van der Waals surface area contributed by atoms with Gasteiger partial charge in [0.15, 0.2) is 16.6 Å². The molecule has 1 heterocycles. The number of amides is 1. The summed E-state index contributed by atoms with van der Waals surface area (Å²) in [6.07, 6.45) is 5.49. The molecule has 1 N–H and O–H groups in total. The Morgan fingerprint density at radius 1 is 1.16 bits per heavy atom. The maximum Gasteiger partial charge on any atom is 0.257 e. The summed E-state index contributed by atoms with van der Waals surface area (Å²) >= 11 is 1.37. The number of anilines is 1. The Labute approximate surface area is 186 Å². The first-order valence-corrected chi connectivity index (χ1v) is 10.8. The Morgan fingerprint density at radius 3 is 2.68 bits per heavy atom. The van der Waals surface area contributed by atoms with Crippen molar-refractivity contribution in [1.29, 1.82) is 0 Å². The highest BCUT2D eigenvalue weighted by Crippen LogP contribution is 2.32. The Bertz CT molecular complexity index is 1050. The van der Waals surface area contributed by atoms with E-state index in [0.717, 1.165) is 11.1 Å². The molecule has 0 atom stereocenters. The fourth-order valence-corrected chi connectivity index (χ4v) is 3.40. The predicted octanol–water partition coefficient (Wildman–Crippen LogP) is 5.62. The molecule has 0 aliphatic carbocycles. The first kappa shape index (κ1) is 22.4. The van der Waals surface area contributed by atoms with Crippen LogP contribution in [-0.2, 0) is 0 Å². The first-order chi connectivity index (χ1) is 15.0. The van der Waals surface area contributed by atoms with Gasteiger partial charge in [0.25, 0.3) is 5.91 Å². The third-order valence-electron chi connectivity index (χ3n) is 4.32. The average Bonchev–Trinajstić information content (AvgIpc) is 3.28. The predicted molar refractivity (Wildman–Crippen MR) is 125 cm³/mol. The third kappa shape index (κ3) is 6.08. The monoisotopic (exact) mass is 438 g/mol. The maximum absolute atomic E-state index is 12.8. The molecule has 162 valence electrons. The lowest BCUT2D eigenvalue weighted by Crippen LogP contribution is -2.12. The van der Waals surface area contributed by atoms with Crippen molar-refractivity contribution in [2.75, 3.05) is 26.1 Å². The van der Waals surface area contributed by atoms with Crippen molar-refractivity contribution in [2.24, 2.45) is 5.92 Å². The Kier molecular flexibility index (Phi) is 7.67. The van der Waals surface area contributed by atoms with Gasteiger partial charge in [0, 0.05) is 22.7 Å². The molecule has 6 nitrogen and oxygen atoms in total. The molecule has 31 heavy (non-hydrogen) atoms. The summed E-state index contributed by atoms with van der Waals surface area (Å²) in [5, 5.41) is 5.18. The van der Waals surface area contributed by atoms with E-state index in [1.807, 2.05) is 47.9 Å². The molecular formula is C24H26N2O4S. The van der Waals surface area contributed by atoms with Crippen molar-refractivity contribution >= 4 is 34.5 Å². The van der Waals surface area contributed by atoms with E-state index in [-0.39, 0.29) is 5.91 Å². The average molecular weight is 439 g/mol. The number of para-hydroxylation sites is 1. The molecule has 0 bridgehead atoms. The standard InChI is InChI=1S/C24H26N2O4S/c1-16(2)15-30-20-13-17(8-9-18-6-5-7-21(28-3)22(18)29-4)12-19(14-20)23(27)26-24-25-10-11-31-24/h5-14,16H,15H2,1-4H3,(H,25,26,27)/b9-8+. The largest absolute Gasteiger partial charge is 0.493 e. The van der Waals surface area contributed by atoms with Crippen molar-refractivity contribution in [2.45, 2.75) is 13.8 Å². The van der Waals surface area contributed by atoms with Crippen molar-refractivity contribution in [3.8, 4) is 17.2 Å².